The Morgan fingerprint density at radius 1 is 1.07 bits per heavy atom. The first kappa shape index (κ1) is 8.60. The molecule has 0 aliphatic heterocycles. The van der Waals surface area contributed by atoms with Gasteiger partial charge < -0.3 is 0 Å². The van der Waals surface area contributed by atoms with E-state index >= 15 is 0 Å². The third kappa shape index (κ3) is 1.30. The van der Waals surface area contributed by atoms with Gasteiger partial charge in [0, 0.05) is 0 Å². The quantitative estimate of drug-likeness (QED) is 0.689. The SMILES string of the molecule is Fc1nc(-c2cn[nH]n2)nc(F)c1F. The monoisotopic (exact) mass is 201 g/mol. The van der Waals surface area contributed by atoms with Crippen molar-refractivity contribution in [3.63, 3.8) is 0 Å². The van der Waals surface area contributed by atoms with Crippen LogP contribution in [0, 0.1) is 17.7 Å². The van der Waals surface area contributed by atoms with Gasteiger partial charge in [0.15, 0.2) is 5.82 Å². The maximum absolute atomic E-state index is 12.6. The zero-order valence-corrected chi connectivity index (χ0v) is 6.50. The van der Waals surface area contributed by atoms with E-state index in [9.17, 15) is 13.2 Å². The van der Waals surface area contributed by atoms with E-state index in [0.29, 0.717) is 0 Å². The summed E-state index contributed by atoms with van der Waals surface area (Å²) in [6.45, 7) is 0. The minimum Gasteiger partial charge on any atom is -0.197 e. The second kappa shape index (κ2) is 3.05. The Bertz CT molecular complexity index is 431. The van der Waals surface area contributed by atoms with Gasteiger partial charge >= 0.3 is 0 Å². The highest BCUT2D eigenvalue weighted by Gasteiger charge is 2.16. The summed E-state index contributed by atoms with van der Waals surface area (Å²) in [5, 5.41) is 9.07. The highest BCUT2D eigenvalue weighted by atomic mass is 19.2. The summed E-state index contributed by atoms with van der Waals surface area (Å²) in [7, 11) is 0. The van der Waals surface area contributed by atoms with Gasteiger partial charge in [-0.05, 0) is 0 Å². The van der Waals surface area contributed by atoms with Crippen LogP contribution in [0.1, 0.15) is 0 Å². The van der Waals surface area contributed by atoms with Gasteiger partial charge in [-0.1, -0.05) is 0 Å². The van der Waals surface area contributed by atoms with Crippen molar-refractivity contribution in [2.24, 2.45) is 0 Å². The predicted molar refractivity (Wildman–Crippen MR) is 37.3 cm³/mol. The van der Waals surface area contributed by atoms with E-state index in [2.05, 4.69) is 25.4 Å². The fourth-order valence-corrected chi connectivity index (χ4v) is 0.818. The van der Waals surface area contributed by atoms with Crippen molar-refractivity contribution >= 4 is 0 Å². The maximum atomic E-state index is 12.6. The van der Waals surface area contributed by atoms with Crippen molar-refractivity contribution in [2.45, 2.75) is 0 Å². The first-order valence-corrected chi connectivity index (χ1v) is 3.43. The van der Waals surface area contributed by atoms with E-state index in [1.807, 2.05) is 0 Å². The summed E-state index contributed by atoms with van der Waals surface area (Å²) >= 11 is 0. The van der Waals surface area contributed by atoms with Gasteiger partial charge in [0.25, 0.3) is 11.9 Å². The molecule has 0 aromatic carbocycles. The summed E-state index contributed by atoms with van der Waals surface area (Å²) in [5.41, 5.74) is 0.0304. The van der Waals surface area contributed by atoms with Gasteiger partial charge in [0.2, 0.25) is 5.82 Å². The molecule has 0 unspecified atom stereocenters. The average Bonchev–Trinajstić information content (AvgIpc) is 2.66. The Morgan fingerprint density at radius 2 is 1.71 bits per heavy atom. The second-order valence-corrected chi connectivity index (χ2v) is 2.30. The molecule has 14 heavy (non-hydrogen) atoms. The number of hydrogen-bond donors (Lipinski definition) is 1. The lowest BCUT2D eigenvalue weighted by Gasteiger charge is -1.96. The predicted octanol–water partition coefficient (Wildman–Crippen LogP) is 0.679. The molecule has 0 aliphatic rings. The minimum absolute atomic E-state index is 0.0304. The first-order valence-electron chi connectivity index (χ1n) is 3.43. The number of halogens is 3. The van der Waals surface area contributed by atoms with Crippen molar-refractivity contribution in [3.8, 4) is 11.5 Å². The van der Waals surface area contributed by atoms with Crippen LogP contribution in [0.2, 0.25) is 0 Å². The molecule has 5 nitrogen and oxygen atoms in total. The van der Waals surface area contributed by atoms with E-state index in [1.54, 1.807) is 0 Å². The molecule has 2 heterocycles. The molecule has 1 N–H and O–H groups in total. The molecule has 0 saturated heterocycles. The Hall–Kier alpha value is -1.99. The number of hydrogen-bond acceptors (Lipinski definition) is 4. The molecule has 0 bridgehead atoms. The van der Waals surface area contributed by atoms with Gasteiger partial charge in [-0.3, -0.25) is 0 Å². The van der Waals surface area contributed by atoms with Gasteiger partial charge in [-0.2, -0.15) is 38.5 Å². The van der Waals surface area contributed by atoms with E-state index in [4.69, 9.17) is 0 Å². The van der Waals surface area contributed by atoms with Crippen molar-refractivity contribution in [3.05, 3.63) is 23.9 Å². The number of nitrogens with zero attached hydrogens (tertiary/aromatic N) is 4. The number of nitrogens with one attached hydrogen (secondary N) is 1. The zero-order chi connectivity index (χ0) is 10.1. The molecule has 2 aromatic rings. The molecule has 8 heteroatoms. The van der Waals surface area contributed by atoms with E-state index in [1.165, 1.54) is 0 Å². The van der Waals surface area contributed by atoms with Crippen LogP contribution in [-0.2, 0) is 0 Å². The fraction of sp³-hybridized carbons (Fsp3) is 0. The Balaban J connectivity index is 2.57. The fourth-order valence-electron chi connectivity index (χ4n) is 0.818. The van der Waals surface area contributed by atoms with Crippen LogP contribution in [0.3, 0.4) is 0 Å². The Labute approximate surface area is 75.0 Å². The highest BCUT2D eigenvalue weighted by Crippen LogP contribution is 2.13. The third-order valence-corrected chi connectivity index (χ3v) is 1.41. The van der Waals surface area contributed by atoms with Crippen LogP contribution in [-0.4, -0.2) is 25.4 Å². The smallest absolute Gasteiger partial charge is 0.197 e. The molecule has 0 aliphatic carbocycles. The molecule has 0 amide bonds. The van der Waals surface area contributed by atoms with Crippen molar-refractivity contribution in [2.75, 3.05) is 0 Å². The summed E-state index contributed by atoms with van der Waals surface area (Å²) < 4.78 is 37.6. The van der Waals surface area contributed by atoms with E-state index in [0.717, 1.165) is 6.20 Å². The largest absolute Gasteiger partial charge is 0.255 e. The number of rotatable bonds is 1. The van der Waals surface area contributed by atoms with E-state index in [-0.39, 0.29) is 11.5 Å². The van der Waals surface area contributed by atoms with Gasteiger partial charge in [0.05, 0.1) is 6.20 Å². The minimum atomic E-state index is -1.71. The molecule has 0 spiro atoms. The molecular weight excluding hydrogens is 199 g/mol. The van der Waals surface area contributed by atoms with E-state index < -0.39 is 17.7 Å². The first-order chi connectivity index (χ1) is 6.68. The number of aromatic amines is 1. The molecule has 2 aromatic heterocycles. The summed E-state index contributed by atoms with van der Waals surface area (Å²) in [5.74, 6) is -5.20. The molecule has 0 atom stereocenters. The maximum Gasteiger partial charge on any atom is 0.255 e. The van der Waals surface area contributed by atoms with Crippen LogP contribution in [0.25, 0.3) is 11.5 Å². The van der Waals surface area contributed by atoms with Gasteiger partial charge in [-0.15, -0.1) is 0 Å². The Morgan fingerprint density at radius 3 is 2.21 bits per heavy atom. The number of H-pyrrole nitrogens is 1. The van der Waals surface area contributed by atoms with Crippen molar-refractivity contribution < 1.29 is 13.2 Å². The van der Waals surface area contributed by atoms with Gasteiger partial charge in [0.1, 0.15) is 5.69 Å². The summed E-state index contributed by atoms with van der Waals surface area (Å²) in [4.78, 5) is 6.12. The third-order valence-electron chi connectivity index (χ3n) is 1.41. The highest BCUT2D eigenvalue weighted by molar-refractivity contribution is 5.45. The summed E-state index contributed by atoms with van der Waals surface area (Å²) in [6.07, 6.45) is 1.16. The lowest BCUT2D eigenvalue weighted by atomic mass is 10.4. The van der Waals surface area contributed by atoms with Gasteiger partial charge in [-0.25, -0.2) is 0 Å². The van der Waals surface area contributed by atoms with Crippen LogP contribution >= 0.6 is 0 Å². The molecular formula is C6H2F3N5. The topological polar surface area (TPSA) is 67.3 Å². The molecule has 0 saturated carbocycles. The average molecular weight is 201 g/mol. The van der Waals surface area contributed by atoms with Crippen LogP contribution in [0.5, 0.6) is 0 Å². The lowest BCUT2D eigenvalue weighted by Crippen LogP contribution is -2.01. The normalized spacial score (nSPS) is 10.5. The molecule has 0 fully saturated rings. The van der Waals surface area contributed by atoms with Crippen LogP contribution in [0.15, 0.2) is 6.20 Å². The summed E-state index contributed by atoms with van der Waals surface area (Å²) in [6, 6.07) is 0. The number of aromatic nitrogens is 5. The zero-order valence-electron chi connectivity index (χ0n) is 6.50. The van der Waals surface area contributed by atoms with Crippen molar-refractivity contribution in [1.82, 2.24) is 25.4 Å². The standard InChI is InChI=1S/C6H2F3N5/c7-3-4(8)11-6(12-5(3)9)2-1-10-14-13-2/h1H,(H,10,13,14). The molecule has 2 rings (SSSR count). The second-order valence-electron chi connectivity index (χ2n) is 2.30. The van der Waals surface area contributed by atoms with Crippen LogP contribution in [0.4, 0.5) is 13.2 Å². The lowest BCUT2D eigenvalue weighted by molar-refractivity contribution is 0.408. The molecule has 72 valence electrons. The van der Waals surface area contributed by atoms with Crippen molar-refractivity contribution in [1.29, 1.82) is 0 Å². The molecule has 0 radical (unpaired) electrons. The Kier molecular flexibility index (Phi) is 1.88. The van der Waals surface area contributed by atoms with Crippen LogP contribution < -0.4 is 0 Å².